The van der Waals surface area contributed by atoms with Gasteiger partial charge in [0, 0.05) is 12.8 Å². The molecule has 0 amide bonds. The smallest absolute Gasteiger partial charge is 0.275 e. The normalized spacial score (nSPS) is 35.2. The maximum atomic E-state index is 14.3. The fourth-order valence-corrected chi connectivity index (χ4v) is 6.44. The zero-order valence-electron chi connectivity index (χ0n) is 20.4. The fourth-order valence-electron chi connectivity index (χ4n) is 6.44. The van der Waals surface area contributed by atoms with Gasteiger partial charge < -0.3 is 15.3 Å². The number of aliphatic hydroxyl groups excluding tert-OH is 2. The first kappa shape index (κ1) is 25.6. The Labute approximate surface area is 192 Å². The molecule has 3 aliphatic rings. The molecule has 0 saturated heterocycles. The molecule has 0 aromatic rings. The lowest BCUT2D eigenvalue weighted by Gasteiger charge is -2.43. The van der Waals surface area contributed by atoms with Gasteiger partial charge in [0.25, 0.3) is 5.92 Å². The van der Waals surface area contributed by atoms with Crippen LogP contribution in [0.4, 0.5) is 8.78 Å². The second kappa shape index (κ2) is 9.31. The molecule has 0 heterocycles. The predicted octanol–water partition coefficient (Wildman–Crippen LogP) is 5.95. The van der Waals surface area contributed by atoms with E-state index in [2.05, 4.69) is 32.1 Å². The van der Waals surface area contributed by atoms with Gasteiger partial charge in [0.2, 0.25) is 0 Å². The van der Waals surface area contributed by atoms with E-state index in [9.17, 15) is 24.1 Å². The lowest BCUT2D eigenvalue weighted by Crippen LogP contribution is -2.43. The molecule has 3 nitrogen and oxygen atoms in total. The van der Waals surface area contributed by atoms with Crippen LogP contribution >= 0.6 is 0 Å². The molecule has 6 atom stereocenters. The Morgan fingerprint density at radius 1 is 1.22 bits per heavy atom. The van der Waals surface area contributed by atoms with Crippen LogP contribution in [0.25, 0.3) is 0 Å². The number of allylic oxidation sites excluding steroid dienone is 4. The van der Waals surface area contributed by atoms with E-state index in [4.69, 9.17) is 0 Å². The molecule has 0 aromatic heterocycles. The van der Waals surface area contributed by atoms with Crippen LogP contribution in [0.2, 0.25) is 0 Å². The molecule has 1 fully saturated rings. The molecule has 0 unspecified atom stereocenters. The van der Waals surface area contributed by atoms with E-state index in [1.807, 2.05) is 6.92 Å². The molecule has 3 aliphatic carbocycles. The first-order chi connectivity index (χ1) is 14.8. The molecule has 0 radical (unpaired) electrons. The van der Waals surface area contributed by atoms with E-state index >= 15 is 0 Å². The molecule has 3 rings (SSSR count). The van der Waals surface area contributed by atoms with Crippen LogP contribution < -0.4 is 0 Å². The van der Waals surface area contributed by atoms with Gasteiger partial charge in [-0.3, -0.25) is 0 Å². The van der Waals surface area contributed by atoms with Gasteiger partial charge in [-0.2, -0.15) is 0 Å². The second-order valence-corrected chi connectivity index (χ2v) is 11.4. The summed E-state index contributed by atoms with van der Waals surface area (Å²) >= 11 is 0. The van der Waals surface area contributed by atoms with Gasteiger partial charge in [-0.05, 0) is 99.2 Å². The molecule has 1 saturated carbocycles. The summed E-state index contributed by atoms with van der Waals surface area (Å²) in [6, 6.07) is 0. The Balaban J connectivity index is 1.71. The standard InChI is InChI=1S/C27H42F2O3/c1-17(12-14-27(28,29)25(3,4)32)22-10-11-23-19(7-6-13-26(22,23)5)8-9-20-15-21(30)16-24(31)18(20)2/h7-9,17,21-24,30-32H,6,10-16H2,1-5H3/b9-8-/t17-,21-,22-,23+,24+,26-/m1/s1. The Morgan fingerprint density at radius 2 is 1.91 bits per heavy atom. The summed E-state index contributed by atoms with van der Waals surface area (Å²) in [6.07, 6.45) is 10.7. The minimum absolute atomic E-state index is 0.0902. The molecule has 0 bridgehead atoms. The molecule has 0 spiro atoms. The fraction of sp³-hybridized carbons (Fsp3) is 0.778. The number of halogens is 2. The predicted molar refractivity (Wildman–Crippen MR) is 124 cm³/mol. The topological polar surface area (TPSA) is 60.7 Å². The maximum Gasteiger partial charge on any atom is 0.275 e. The van der Waals surface area contributed by atoms with Crippen LogP contribution in [0, 0.1) is 23.2 Å². The van der Waals surface area contributed by atoms with Crippen molar-refractivity contribution in [3.8, 4) is 0 Å². The van der Waals surface area contributed by atoms with Crippen molar-refractivity contribution in [3.63, 3.8) is 0 Å². The monoisotopic (exact) mass is 452 g/mol. The van der Waals surface area contributed by atoms with Crippen molar-refractivity contribution in [2.45, 2.75) is 110 Å². The highest BCUT2D eigenvalue weighted by molar-refractivity contribution is 5.37. The lowest BCUT2D eigenvalue weighted by molar-refractivity contribution is -0.168. The van der Waals surface area contributed by atoms with Crippen molar-refractivity contribution in [2.24, 2.45) is 23.2 Å². The van der Waals surface area contributed by atoms with Crippen molar-refractivity contribution in [3.05, 3.63) is 34.9 Å². The molecule has 5 heteroatoms. The number of hydrogen-bond donors (Lipinski definition) is 3. The Bertz CT molecular complexity index is 776. The van der Waals surface area contributed by atoms with Gasteiger partial charge in [-0.15, -0.1) is 0 Å². The molecule has 0 aromatic carbocycles. The maximum absolute atomic E-state index is 14.3. The Kier molecular flexibility index (Phi) is 7.44. The minimum atomic E-state index is -3.08. The van der Waals surface area contributed by atoms with Gasteiger partial charge in [0.05, 0.1) is 12.2 Å². The Hall–Kier alpha value is -1.04. The molecule has 32 heavy (non-hydrogen) atoms. The van der Waals surface area contributed by atoms with Gasteiger partial charge >= 0.3 is 0 Å². The van der Waals surface area contributed by atoms with Crippen LogP contribution in [-0.2, 0) is 0 Å². The third-order valence-electron chi connectivity index (χ3n) is 8.80. The van der Waals surface area contributed by atoms with Crippen LogP contribution in [-0.4, -0.2) is 39.1 Å². The van der Waals surface area contributed by atoms with E-state index in [0.717, 1.165) is 36.8 Å². The highest BCUT2D eigenvalue weighted by Crippen LogP contribution is 2.59. The summed E-state index contributed by atoms with van der Waals surface area (Å²) < 4.78 is 28.6. The quantitative estimate of drug-likeness (QED) is 0.447. The van der Waals surface area contributed by atoms with Crippen molar-refractivity contribution in [1.82, 2.24) is 0 Å². The molecule has 0 aliphatic heterocycles. The van der Waals surface area contributed by atoms with Crippen LogP contribution in [0.1, 0.15) is 86.0 Å². The van der Waals surface area contributed by atoms with Crippen LogP contribution in [0.5, 0.6) is 0 Å². The van der Waals surface area contributed by atoms with E-state index in [1.54, 1.807) is 0 Å². The van der Waals surface area contributed by atoms with Gasteiger partial charge in [0.1, 0.15) is 5.60 Å². The summed E-state index contributed by atoms with van der Waals surface area (Å²) in [6.45, 7) is 8.75. The Morgan fingerprint density at radius 3 is 2.56 bits per heavy atom. The van der Waals surface area contributed by atoms with Crippen LogP contribution in [0.15, 0.2) is 34.9 Å². The largest absolute Gasteiger partial charge is 0.393 e. The van der Waals surface area contributed by atoms with Crippen molar-refractivity contribution >= 4 is 0 Å². The van der Waals surface area contributed by atoms with Gasteiger partial charge in [-0.25, -0.2) is 8.78 Å². The first-order valence-corrected chi connectivity index (χ1v) is 12.3. The zero-order valence-corrected chi connectivity index (χ0v) is 20.4. The van der Waals surface area contributed by atoms with Crippen molar-refractivity contribution < 1.29 is 24.1 Å². The molecule has 3 N–H and O–H groups in total. The van der Waals surface area contributed by atoms with E-state index in [0.29, 0.717) is 31.1 Å². The zero-order chi connectivity index (χ0) is 23.9. The van der Waals surface area contributed by atoms with Crippen LogP contribution in [0.3, 0.4) is 0 Å². The first-order valence-electron chi connectivity index (χ1n) is 12.3. The number of rotatable bonds is 7. The third-order valence-corrected chi connectivity index (χ3v) is 8.80. The molecular formula is C27H42F2O3. The highest BCUT2D eigenvalue weighted by atomic mass is 19.3. The van der Waals surface area contributed by atoms with Crippen molar-refractivity contribution in [2.75, 3.05) is 0 Å². The summed E-state index contributed by atoms with van der Waals surface area (Å²) in [5.41, 5.74) is 1.36. The highest BCUT2D eigenvalue weighted by Gasteiger charge is 2.51. The number of hydrogen-bond acceptors (Lipinski definition) is 3. The summed E-state index contributed by atoms with van der Waals surface area (Å²) in [5, 5.41) is 30.0. The number of aliphatic hydroxyl groups is 3. The number of fused-ring (bicyclic) bond motifs is 1. The van der Waals surface area contributed by atoms with Crippen molar-refractivity contribution in [1.29, 1.82) is 0 Å². The SMILES string of the molecule is CC1=C(/C=C\C2=CCC[C@]3(C)[C@@H]([C@H](C)CCC(F)(F)C(C)(C)O)CC[C@@H]23)C[C@@H](O)C[C@@H]1O. The lowest BCUT2D eigenvalue weighted by atomic mass is 9.62. The number of alkyl halides is 2. The van der Waals surface area contributed by atoms with E-state index < -0.39 is 23.7 Å². The molecule has 182 valence electrons. The summed E-state index contributed by atoms with van der Waals surface area (Å²) in [4.78, 5) is 0. The van der Waals surface area contributed by atoms with E-state index in [1.165, 1.54) is 19.4 Å². The average molecular weight is 453 g/mol. The summed E-state index contributed by atoms with van der Waals surface area (Å²) in [7, 11) is 0. The second-order valence-electron chi connectivity index (χ2n) is 11.4. The van der Waals surface area contributed by atoms with Gasteiger partial charge in [0.15, 0.2) is 0 Å². The third kappa shape index (κ3) is 5.05. The van der Waals surface area contributed by atoms with E-state index in [-0.39, 0.29) is 17.8 Å². The average Bonchev–Trinajstić information content (AvgIpc) is 3.04. The minimum Gasteiger partial charge on any atom is -0.393 e. The van der Waals surface area contributed by atoms with Gasteiger partial charge in [-0.1, -0.05) is 32.1 Å². The summed E-state index contributed by atoms with van der Waals surface area (Å²) in [5.74, 6) is -2.10. The molecular weight excluding hydrogens is 410 g/mol.